The number of hydrogen-bond acceptors (Lipinski definition) is 2. The summed E-state index contributed by atoms with van der Waals surface area (Å²) in [5.41, 5.74) is 9.63. The van der Waals surface area contributed by atoms with Crippen LogP contribution in [0.2, 0.25) is 0 Å². The van der Waals surface area contributed by atoms with E-state index in [4.69, 9.17) is 10.8 Å². The normalized spacial score (nSPS) is 12.8. The number of hydrogen-bond donors (Lipinski definition) is 2. The summed E-state index contributed by atoms with van der Waals surface area (Å²) in [4.78, 5) is 0. The van der Waals surface area contributed by atoms with Gasteiger partial charge < -0.3 is 10.8 Å². The largest absolute Gasteiger partial charge is 0.396 e. The lowest BCUT2D eigenvalue weighted by Crippen LogP contribution is -2.18. The van der Waals surface area contributed by atoms with Gasteiger partial charge in [-0.2, -0.15) is 0 Å². The second-order valence-electron chi connectivity index (χ2n) is 4.18. The average Bonchev–Trinajstić information content (AvgIpc) is 2.25. The molecule has 0 bridgehead atoms. The average molecular weight is 207 g/mol. The van der Waals surface area contributed by atoms with Crippen LogP contribution in [0.15, 0.2) is 18.2 Å². The molecule has 0 aliphatic rings. The van der Waals surface area contributed by atoms with Crippen LogP contribution >= 0.6 is 0 Å². The number of aliphatic hydroxyl groups excluding tert-OH is 1. The first-order chi connectivity index (χ1) is 7.19. The number of nitrogens with two attached hydrogens (primary N) is 1. The third-order valence-electron chi connectivity index (χ3n) is 3.13. The first-order valence-electron chi connectivity index (χ1n) is 5.55. The zero-order chi connectivity index (χ0) is 11.3. The quantitative estimate of drug-likeness (QED) is 0.773. The minimum absolute atomic E-state index is 0.196. The van der Waals surface area contributed by atoms with E-state index in [-0.39, 0.29) is 12.5 Å². The van der Waals surface area contributed by atoms with Crippen molar-refractivity contribution in [3.05, 3.63) is 34.9 Å². The van der Waals surface area contributed by atoms with Crippen molar-refractivity contribution in [1.82, 2.24) is 0 Å². The van der Waals surface area contributed by atoms with E-state index in [2.05, 4.69) is 32.0 Å². The molecule has 1 aromatic rings. The van der Waals surface area contributed by atoms with E-state index in [9.17, 15) is 0 Å². The van der Waals surface area contributed by atoms with Crippen LogP contribution in [0.1, 0.15) is 23.1 Å². The topological polar surface area (TPSA) is 46.2 Å². The highest BCUT2D eigenvalue weighted by molar-refractivity contribution is 5.33. The molecule has 1 atom stereocenters. The van der Waals surface area contributed by atoms with Crippen molar-refractivity contribution >= 4 is 0 Å². The molecule has 0 amide bonds. The zero-order valence-electron chi connectivity index (χ0n) is 9.66. The molecule has 2 nitrogen and oxygen atoms in total. The van der Waals surface area contributed by atoms with Crippen molar-refractivity contribution in [2.24, 2.45) is 11.7 Å². The molecule has 0 spiro atoms. The Labute approximate surface area is 92.1 Å². The van der Waals surface area contributed by atoms with Gasteiger partial charge in [0.15, 0.2) is 0 Å². The summed E-state index contributed by atoms with van der Waals surface area (Å²) < 4.78 is 0. The van der Waals surface area contributed by atoms with Crippen molar-refractivity contribution in [2.45, 2.75) is 26.7 Å². The lowest BCUT2D eigenvalue weighted by Gasteiger charge is -2.13. The molecule has 0 radical (unpaired) electrons. The van der Waals surface area contributed by atoms with E-state index in [0.29, 0.717) is 6.54 Å². The fourth-order valence-electron chi connectivity index (χ4n) is 1.73. The van der Waals surface area contributed by atoms with Gasteiger partial charge in [0.1, 0.15) is 0 Å². The Morgan fingerprint density at radius 2 is 2.07 bits per heavy atom. The zero-order valence-corrected chi connectivity index (χ0v) is 9.66. The summed E-state index contributed by atoms with van der Waals surface area (Å²) in [5.74, 6) is 0.241. The van der Waals surface area contributed by atoms with Gasteiger partial charge in [0.2, 0.25) is 0 Å². The van der Waals surface area contributed by atoms with Crippen molar-refractivity contribution in [1.29, 1.82) is 0 Å². The molecule has 0 heterocycles. The molecule has 1 rings (SSSR count). The number of benzene rings is 1. The van der Waals surface area contributed by atoms with Crippen molar-refractivity contribution in [3.8, 4) is 0 Å². The second kappa shape index (κ2) is 5.89. The minimum atomic E-state index is 0.196. The van der Waals surface area contributed by atoms with Gasteiger partial charge in [-0.25, -0.2) is 0 Å². The maximum atomic E-state index is 9.05. The van der Waals surface area contributed by atoms with Crippen molar-refractivity contribution < 1.29 is 5.11 Å². The molecule has 1 unspecified atom stereocenters. The van der Waals surface area contributed by atoms with Gasteiger partial charge in [-0.05, 0) is 55.8 Å². The standard InChI is InChI=1S/C13H21NO/c1-10-4-3-5-13(11(10)2)7-6-12(8-14)9-15/h3-5,12,15H,6-9,14H2,1-2H3. The Bertz CT molecular complexity index is 305. The fourth-order valence-corrected chi connectivity index (χ4v) is 1.73. The monoisotopic (exact) mass is 207 g/mol. The predicted octanol–water partition coefficient (Wildman–Crippen LogP) is 1.80. The summed E-state index contributed by atoms with van der Waals surface area (Å²) in [7, 11) is 0. The van der Waals surface area contributed by atoms with Crippen LogP contribution in [-0.4, -0.2) is 18.3 Å². The number of aryl methyl sites for hydroxylation is 2. The first kappa shape index (κ1) is 12.2. The summed E-state index contributed by atoms with van der Waals surface area (Å²) in [6, 6.07) is 6.38. The van der Waals surface area contributed by atoms with E-state index in [1.54, 1.807) is 0 Å². The van der Waals surface area contributed by atoms with Gasteiger partial charge >= 0.3 is 0 Å². The molecule has 2 heteroatoms. The number of aliphatic hydroxyl groups is 1. The molecule has 0 saturated heterocycles. The smallest absolute Gasteiger partial charge is 0.0471 e. The van der Waals surface area contributed by atoms with Crippen LogP contribution in [0.25, 0.3) is 0 Å². The van der Waals surface area contributed by atoms with E-state index < -0.39 is 0 Å². The van der Waals surface area contributed by atoms with Crippen molar-refractivity contribution in [3.63, 3.8) is 0 Å². The van der Waals surface area contributed by atoms with Gasteiger partial charge in [-0.1, -0.05) is 18.2 Å². The molecule has 15 heavy (non-hydrogen) atoms. The third-order valence-corrected chi connectivity index (χ3v) is 3.13. The highest BCUT2D eigenvalue weighted by Gasteiger charge is 2.07. The Morgan fingerprint density at radius 3 is 2.67 bits per heavy atom. The molecule has 1 aromatic carbocycles. The van der Waals surface area contributed by atoms with Gasteiger partial charge in [-0.15, -0.1) is 0 Å². The molecule has 0 aliphatic heterocycles. The van der Waals surface area contributed by atoms with Crippen LogP contribution in [0.3, 0.4) is 0 Å². The summed E-state index contributed by atoms with van der Waals surface area (Å²) in [6.07, 6.45) is 1.98. The number of rotatable bonds is 5. The Morgan fingerprint density at radius 1 is 1.33 bits per heavy atom. The molecular formula is C13H21NO. The third kappa shape index (κ3) is 3.33. The maximum Gasteiger partial charge on any atom is 0.0471 e. The Balaban J connectivity index is 2.61. The van der Waals surface area contributed by atoms with E-state index in [1.807, 2.05) is 0 Å². The second-order valence-corrected chi connectivity index (χ2v) is 4.18. The van der Waals surface area contributed by atoms with Gasteiger partial charge in [0.05, 0.1) is 0 Å². The SMILES string of the molecule is Cc1cccc(CCC(CN)CO)c1C. The molecule has 0 aliphatic carbocycles. The molecule has 3 N–H and O–H groups in total. The van der Waals surface area contributed by atoms with E-state index in [1.165, 1.54) is 16.7 Å². The van der Waals surface area contributed by atoms with Crippen LogP contribution in [0.4, 0.5) is 0 Å². The molecule has 0 fully saturated rings. The van der Waals surface area contributed by atoms with E-state index >= 15 is 0 Å². The lowest BCUT2D eigenvalue weighted by atomic mass is 9.95. The highest BCUT2D eigenvalue weighted by atomic mass is 16.3. The van der Waals surface area contributed by atoms with Crippen LogP contribution < -0.4 is 5.73 Å². The molecular weight excluding hydrogens is 186 g/mol. The lowest BCUT2D eigenvalue weighted by molar-refractivity contribution is 0.223. The summed E-state index contributed by atoms with van der Waals surface area (Å²) >= 11 is 0. The molecule has 0 aromatic heterocycles. The Hall–Kier alpha value is -0.860. The highest BCUT2D eigenvalue weighted by Crippen LogP contribution is 2.16. The summed E-state index contributed by atoms with van der Waals surface area (Å²) in [5, 5.41) is 9.05. The van der Waals surface area contributed by atoms with E-state index in [0.717, 1.165) is 12.8 Å². The van der Waals surface area contributed by atoms with Gasteiger partial charge in [0.25, 0.3) is 0 Å². The summed E-state index contributed by atoms with van der Waals surface area (Å²) in [6.45, 7) is 5.05. The van der Waals surface area contributed by atoms with Crippen LogP contribution in [0, 0.1) is 19.8 Å². The van der Waals surface area contributed by atoms with Gasteiger partial charge in [-0.3, -0.25) is 0 Å². The minimum Gasteiger partial charge on any atom is -0.396 e. The van der Waals surface area contributed by atoms with Crippen LogP contribution in [0.5, 0.6) is 0 Å². The molecule has 84 valence electrons. The Kier molecular flexibility index (Phi) is 4.79. The molecule has 0 saturated carbocycles. The predicted molar refractivity (Wildman–Crippen MR) is 63.9 cm³/mol. The van der Waals surface area contributed by atoms with Crippen molar-refractivity contribution in [2.75, 3.05) is 13.2 Å². The maximum absolute atomic E-state index is 9.05. The first-order valence-corrected chi connectivity index (χ1v) is 5.55. The van der Waals surface area contributed by atoms with Crippen LogP contribution in [-0.2, 0) is 6.42 Å². The van der Waals surface area contributed by atoms with Gasteiger partial charge in [0, 0.05) is 6.61 Å². The fraction of sp³-hybridized carbons (Fsp3) is 0.538.